The van der Waals surface area contributed by atoms with Crippen molar-refractivity contribution in [3.8, 4) is 17.2 Å². The Labute approximate surface area is 820 Å². The topological polar surface area (TPSA) is 355 Å². The summed E-state index contributed by atoms with van der Waals surface area (Å²) < 4.78 is 92.3. The second kappa shape index (κ2) is 68.9. The van der Waals surface area contributed by atoms with Gasteiger partial charge in [0.05, 0.1) is 52.1 Å². The zero-order chi connectivity index (χ0) is 97.6. The number of hydrogen-bond acceptors (Lipinski definition) is 24. The van der Waals surface area contributed by atoms with Gasteiger partial charge in [0.15, 0.2) is 28.5 Å². The first kappa shape index (κ1) is 114. The highest BCUT2D eigenvalue weighted by molar-refractivity contribution is 8.55. The molecule has 3 aromatic heterocycles. The van der Waals surface area contributed by atoms with Crippen LogP contribution in [0.4, 0.5) is 11.6 Å². The number of carbonyl (C=O) groups is 6. The van der Waals surface area contributed by atoms with Gasteiger partial charge < -0.3 is 53.5 Å². The second-order valence-corrected chi connectivity index (χ2v) is 41.5. The molecule has 3 aromatic carbocycles. The zero-order valence-electron chi connectivity index (χ0n) is 83.0. The van der Waals surface area contributed by atoms with Crippen molar-refractivity contribution in [1.82, 2.24) is 34.0 Å². The van der Waals surface area contributed by atoms with Crippen LogP contribution in [0.2, 0.25) is 0 Å². The van der Waals surface area contributed by atoms with Gasteiger partial charge in [0.25, 0.3) is 11.8 Å². The van der Waals surface area contributed by atoms with Crippen LogP contribution >= 0.6 is 26.4 Å². The van der Waals surface area contributed by atoms with Gasteiger partial charge in [-0.25, -0.2) is 24.3 Å². The maximum atomic E-state index is 15.5. The van der Waals surface area contributed by atoms with E-state index in [2.05, 4.69) is 51.3 Å². The van der Waals surface area contributed by atoms with Gasteiger partial charge >= 0.3 is 32.7 Å². The predicted molar refractivity (Wildman–Crippen MR) is 539 cm³/mol. The molecular formula is C105H162N9O20P2S+. The SMILES string of the molecule is CCCCCCCCCCCCCCCCCCOc1cc(C(=O)N(C)CCOC(=O)CCC(=O)Nc2ccn([C@H]3CC(OC(=O)CCC(C)=O)[C@@H](COP(=O)(OC4C[C@H](n5cnc6c(NC(=O)c7ccccc7)ncnc65)O[C@@H]4CO[P+](=O)O)Sc4ccccc4)O3)c(=O)n2)cc(OCCCCCCCCCCCCCCCCCC)c1OCCCCCCCCCCCCCCCCCC. The maximum absolute atomic E-state index is 15.5. The van der Waals surface area contributed by atoms with E-state index >= 15 is 4.57 Å². The molecule has 0 saturated carbocycles. The molecule has 2 fully saturated rings. The molecule has 3 N–H and O–H groups in total. The van der Waals surface area contributed by atoms with Crippen LogP contribution in [0.25, 0.3) is 11.2 Å². The molecule has 8 atom stereocenters. The number of nitrogens with one attached hydrogen (secondary N) is 2. The van der Waals surface area contributed by atoms with Crippen molar-refractivity contribution >= 4 is 84.7 Å². The van der Waals surface area contributed by atoms with Crippen LogP contribution in [0.1, 0.15) is 408 Å². The summed E-state index contributed by atoms with van der Waals surface area (Å²) in [6, 6.07) is 21.9. The van der Waals surface area contributed by atoms with Crippen molar-refractivity contribution < 1.29 is 89.5 Å². The number of unbranched alkanes of at least 4 members (excludes halogenated alkanes) is 45. The predicted octanol–water partition coefficient (Wildman–Crippen LogP) is 26.1. The zero-order valence-corrected chi connectivity index (χ0v) is 85.6. The van der Waals surface area contributed by atoms with E-state index in [1.54, 1.807) is 79.8 Å². The Morgan fingerprint density at radius 2 is 0.971 bits per heavy atom. The smallest absolute Gasteiger partial charge is 0.490 e. The molecular weight excluding hydrogens is 1800 g/mol. The third-order valence-electron chi connectivity index (χ3n) is 25.3. The summed E-state index contributed by atoms with van der Waals surface area (Å²) in [4.78, 5) is 123. The van der Waals surface area contributed by atoms with Gasteiger partial charge in [-0.1, -0.05) is 346 Å². The number of ether oxygens (including phenoxy) is 7. The number of anilines is 2. The van der Waals surface area contributed by atoms with E-state index < -0.39 is 94.6 Å². The third kappa shape index (κ3) is 46.0. The number of rotatable bonds is 80. The molecule has 2 aliphatic heterocycles. The molecule has 2 saturated heterocycles. The van der Waals surface area contributed by atoms with Gasteiger partial charge in [0, 0.05) is 59.5 Å². The summed E-state index contributed by atoms with van der Waals surface area (Å²) in [6.45, 7) is 3.80. The number of benzene rings is 3. The minimum atomic E-state index is -4.51. The average molecular weight is 1960 g/mol. The number of ketones is 1. The highest BCUT2D eigenvalue weighted by atomic mass is 32.7. The molecule has 3 amide bonds. The van der Waals surface area contributed by atoms with Gasteiger partial charge in [-0.05, 0) is 80.0 Å². The molecule has 762 valence electrons. The molecule has 0 bridgehead atoms. The van der Waals surface area contributed by atoms with Crippen molar-refractivity contribution in [3.63, 3.8) is 0 Å². The summed E-state index contributed by atoms with van der Waals surface area (Å²) in [6.07, 6.45) is 56.4. The van der Waals surface area contributed by atoms with E-state index in [0.717, 1.165) is 73.7 Å². The van der Waals surface area contributed by atoms with Gasteiger partial charge in [0.1, 0.15) is 68.0 Å². The minimum Gasteiger partial charge on any atom is -0.490 e. The number of esters is 2. The summed E-state index contributed by atoms with van der Waals surface area (Å²) in [5.41, 5.74) is 0.272. The summed E-state index contributed by atoms with van der Waals surface area (Å²) in [7, 11) is -1.51. The highest BCUT2D eigenvalue weighted by Crippen LogP contribution is 2.66. The van der Waals surface area contributed by atoms with Crippen molar-refractivity contribution in [2.24, 2.45) is 0 Å². The summed E-state index contributed by atoms with van der Waals surface area (Å²) >= 11 is 0.734. The molecule has 2 aliphatic rings. The molecule has 29 nitrogen and oxygen atoms in total. The number of amides is 3. The fraction of sp³-hybridized carbons (Fsp3) is 0.686. The summed E-state index contributed by atoms with van der Waals surface area (Å²) in [5, 5.41) is 5.34. The largest absolute Gasteiger partial charge is 0.694 e. The minimum absolute atomic E-state index is 0.0295. The monoisotopic (exact) mass is 1960 g/mol. The quantitative estimate of drug-likeness (QED) is 0.0181. The van der Waals surface area contributed by atoms with Crippen LogP contribution in [0.5, 0.6) is 17.2 Å². The molecule has 0 radical (unpaired) electrons. The second-order valence-electron chi connectivity index (χ2n) is 36.9. The molecule has 5 heterocycles. The Morgan fingerprint density at radius 1 is 0.518 bits per heavy atom. The standard InChI is InChI=1S/C105H161N9O20P2S/c1-6-9-12-15-18-21-24-27-30-33-36-39-42-45-48-57-71-125-89-75-85(76-90(126-72-58-49-46-43-40-37-34-31-28-25-22-19-16-13-10-7-2)100(89)128-73-59-50-47-44-41-38-35-32-29-26-23-20-17-14-11-8-3)104(120)112(5)70-74-127-97(117)67-65-94(116)109-93-68-69-113(105(121)110-93)95-77-87(133-98(118)66-64-83(4)115)92(132-95)80-130-136(124,137-86-62-55-52-56-63-86)134-88-78-96(131-91(88)79-129-135(122)123)114-82-108-99-101(106-81-107-102(99)114)111-103(119)84-60-53-51-54-61-84/h51-56,60-63,68-69,75-76,81-82,87-88,91-92,95-96H,6-50,57-59,64-67,70-74,77-80H2,1-5H3,(H2-,106,107,109,110,111,116,119,121,122,123)/p+1/t87?,88?,91-,92-,95-,96-,136?/m1/s1. The normalized spacial score (nSPS) is 16.4. The Hall–Kier alpha value is -8.05. The molecule has 8 rings (SSSR count). The number of nitrogens with zero attached hydrogens (tertiary/aromatic N) is 7. The van der Waals surface area contributed by atoms with E-state index in [9.17, 15) is 43.0 Å². The first-order valence-electron chi connectivity index (χ1n) is 52.2. The van der Waals surface area contributed by atoms with Crippen LogP contribution < -0.4 is 30.5 Å². The Bertz CT molecular complexity index is 4470. The van der Waals surface area contributed by atoms with Crippen molar-refractivity contribution in [1.29, 1.82) is 0 Å². The number of likely N-dealkylation sites (N-methyl/N-ethyl adjacent to an activating group) is 1. The molecule has 4 unspecified atom stereocenters. The van der Waals surface area contributed by atoms with Gasteiger partial charge in [-0.3, -0.25) is 42.2 Å². The Kier molecular flexibility index (Phi) is 57.5. The number of Topliss-reactive ketones (excluding diaryl/α,β-unsaturated/α-hetero) is 1. The van der Waals surface area contributed by atoms with Crippen LogP contribution in [0.3, 0.4) is 0 Å². The van der Waals surface area contributed by atoms with Crippen LogP contribution in [-0.2, 0) is 60.8 Å². The van der Waals surface area contributed by atoms with Crippen molar-refractivity contribution in [2.75, 3.05) is 63.9 Å². The lowest BCUT2D eigenvalue weighted by atomic mass is 10.0. The molecule has 0 spiro atoms. The van der Waals surface area contributed by atoms with E-state index in [1.807, 2.05) is 0 Å². The highest BCUT2D eigenvalue weighted by Gasteiger charge is 2.47. The molecule has 0 aliphatic carbocycles. The van der Waals surface area contributed by atoms with E-state index in [1.165, 1.54) is 292 Å². The number of fused-ring (bicyclic) bond motifs is 1. The van der Waals surface area contributed by atoms with Gasteiger partial charge in [-0.15, -0.1) is 9.42 Å². The summed E-state index contributed by atoms with van der Waals surface area (Å²) in [5.74, 6) is -1.74. The van der Waals surface area contributed by atoms with E-state index in [-0.39, 0.29) is 86.2 Å². The average Bonchev–Trinajstić information content (AvgIpc) is 1.59. The van der Waals surface area contributed by atoms with Gasteiger partial charge in [-0.2, -0.15) is 4.98 Å². The van der Waals surface area contributed by atoms with Crippen LogP contribution in [0, 0.1) is 0 Å². The first-order valence-corrected chi connectivity index (χ1v) is 56.3. The van der Waals surface area contributed by atoms with Crippen LogP contribution in [-0.4, -0.2) is 152 Å². The molecule has 6 aromatic rings. The first-order chi connectivity index (χ1) is 66.8. The molecule has 137 heavy (non-hydrogen) atoms. The third-order valence-corrected chi connectivity index (χ3v) is 29.2. The lowest BCUT2D eigenvalue weighted by molar-refractivity contribution is -0.153. The van der Waals surface area contributed by atoms with Gasteiger partial charge in [0.2, 0.25) is 11.7 Å². The molecule has 32 heteroatoms. The fourth-order valence-electron chi connectivity index (χ4n) is 17.2. The van der Waals surface area contributed by atoms with Crippen LogP contribution in [0.15, 0.2) is 107 Å². The lowest BCUT2D eigenvalue weighted by Crippen LogP contribution is -2.32. The lowest BCUT2D eigenvalue weighted by Gasteiger charge is -2.25. The fourth-order valence-corrected chi connectivity index (χ4v) is 21.0. The number of hydrogen-bond donors (Lipinski definition) is 3. The maximum Gasteiger partial charge on any atom is 0.694 e. The van der Waals surface area contributed by atoms with E-state index in [0.29, 0.717) is 53.1 Å². The van der Waals surface area contributed by atoms with Crippen molar-refractivity contribution in [2.45, 2.75) is 416 Å². The van der Waals surface area contributed by atoms with E-state index in [4.69, 9.17) is 46.7 Å². The number of aromatic nitrogens is 6. The Morgan fingerprint density at radius 3 is 1.45 bits per heavy atom. The number of carbonyl (C=O) groups excluding carboxylic acids is 6. The number of imidazole rings is 1. The van der Waals surface area contributed by atoms with Crippen molar-refractivity contribution in [3.05, 3.63) is 119 Å². The Balaban J connectivity index is 0.863.